The van der Waals surface area contributed by atoms with Gasteiger partial charge in [-0.1, -0.05) is 13.8 Å². The minimum Gasteiger partial charge on any atom is -0.342 e. The molecule has 0 radical (unpaired) electrons. The molecule has 1 aromatic carbocycles. The van der Waals surface area contributed by atoms with Gasteiger partial charge in [-0.25, -0.2) is 0 Å². The van der Waals surface area contributed by atoms with Gasteiger partial charge in [0.1, 0.15) is 0 Å². The van der Waals surface area contributed by atoms with Crippen LogP contribution in [0.15, 0.2) is 24.3 Å². The number of carbonyl (C=O) groups excluding carboxylic acids is 3. The van der Waals surface area contributed by atoms with Crippen molar-refractivity contribution < 1.29 is 14.4 Å². The molecule has 126 valence electrons. The Morgan fingerprint density at radius 3 is 1.96 bits per heavy atom. The van der Waals surface area contributed by atoms with Gasteiger partial charge in [-0.2, -0.15) is 0 Å². The predicted molar refractivity (Wildman–Crippen MR) is 91.1 cm³/mol. The number of nitrogens with zero attached hydrogens (tertiary/aromatic N) is 1. The molecule has 23 heavy (non-hydrogen) atoms. The van der Waals surface area contributed by atoms with Crippen molar-refractivity contribution in [3.05, 3.63) is 24.3 Å². The van der Waals surface area contributed by atoms with Crippen molar-refractivity contribution in [1.29, 1.82) is 0 Å². The van der Waals surface area contributed by atoms with E-state index < -0.39 is 0 Å². The third-order valence-corrected chi connectivity index (χ3v) is 3.13. The molecule has 0 atom stereocenters. The Labute approximate surface area is 137 Å². The maximum Gasteiger partial charge on any atom is 0.226 e. The van der Waals surface area contributed by atoms with Crippen LogP contribution < -0.4 is 10.6 Å². The SMILES string of the molecule is CC(=O)Nc1ccc(NC(=O)CCN(CC(C)C)C(C)=O)cc1. The van der Waals surface area contributed by atoms with Crippen LogP contribution in [-0.2, 0) is 14.4 Å². The van der Waals surface area contributed by atoms with Crippen LogP contribution in [-0.4, -0.2) is 35.7 Å². The number of benzene rings is 1. The summed E-state index contributed by atoms with van der Waals surface area (Å²) in [5.41, 5.74) is 1.33. The second-order valence-electron chi connectivity index (χ2n) is 5.92. The molecule has 3 amide bonds. The van der Waals surface area contributed by atoms with E-state index in [1.807, 2.05) is 13.8 Å². The number of anilines is 2. The molecule has 0 aliphatic heterocycles. The zero-order valence-electron chi connectivity index (χ0n) is 14.2. The zero-order chi connectivity index (χ0) is 17.4. The Bertz CT molecular complexity index is 553. The van der Waals surface area contributed by atoms with Crippen molar-refractivity contribution in [2.24, 2.45) is 5.92 Å². The third kappa shape index (κ3) is 7.44. The second kappa shape index (κ2) is 8.92. The molecule has 0 fully saturated rings. The monoisotopic (exact) mass is 319 g/mol. The van der Waals surface area contributed by atoms with Crippen molar-refractivity contribution in [3.63, 3.8) is 0 Å². The maximum absolute atomic E-state index is 12.0. The fraction of sp³-hybridized carbons (Fsp3) is 0.471. The fourth-order valence-corrected chi connectivity index (χ4v) is 2.12. The summed E-state index contributed by atoms with van der Waals surface area (Å²) in [4.78, 5) is 36.1. The summed E-state index contributed by atoms with van der Waals surface area (Å²) < 4.78 is 0. The lowest BCUT2D eigenvalue weighted by atomic mass is 10.2. The predicted octanol–water partition coefficient (Wildman–Crippen LogP) is 2.48. The standard InChI is InChI=1S/C17H25N3O3/c1-12(2)11-20(14(4)22)10-9-17(23)19-16-7-5-15(6-8-16)18-13(3)21/h5-8,12H,9-11H2,1-4H3,(H,18,21)(H,19,23). The summed E-state index contributed by atoms with van der Waals surface area (Å²) in [5.74, 6) is 0.0537. The topological polar surface area (TPSA) is 78.5 Å². The average molecular weight is 319 g/mol. The van der Waals surface area contributed by atoms with Gasteiger partial charge in [-0.05, 0) is 30.2 Å². The van der Waals surface area contributed by atoms with Gasteiger partial charge >= 0.3 is 0 Å². The van der Waals surface area contributed by atoms with E-state index in [-0.39, 0.29) is 24.1 Å². The molecule has 0 saturated heterocycles. The van der Waals surface area contributed by atoms with E-state index in [9.17, 15) is 14.4 Å². The molecule has 6 heteroatoms. The largest absolute Gasteiger partial charge is 0.342 e. The van der Waals surface area contributed by atoms with E-state index >= 15 is 0 Å². The lowest BCUT2D eigenvalue weighted by Gasteiger charge is -2.22. The van der Waals surface area contributed by atoms with E-state index in [0.29, 0.717) is 30.4 Å². The quantitative estimate of drug-likeness (QED) is 0.810. The highest BCUT2D eigenvalue weighted by molar-refractivity contribution is 5.92. The number of hydrogen-bond acceptors (Lipinski definition) is 3. The van der Waals surface area contributed by atoms with Crippen LogP contribution in [0.5, 0.6) is 0 Å². The Kier molecular flexibility index (Phi) is 7.25. The van der Waals surface area contributed by atoms with E-state index in [4.69, 9.17) is 0 Å². The van der Waals surface area contributed by atoms with E-state index in [1.54, 1.807) is 29.2 Å². The first-order valence-corrected chi connectivity index (χ1v) is 7.71. The minimum absolute atomic E-state index is 0.0221. The number of nitrogens with one attached hydrogen (secondary N) is 2. The smallest absolute Gasteiger partial charge is 0.226 e. The third-order valence-electron chi connectivity index (χ3n) is 3.13. The first-order valence-electron chi connectivity index (χ1n) is 7.71. The highest BCUT2D eigenvalue weighted by Crippen LogP contribution is 2.13. The Balaban J connectivity index is 2.49. The zero-order valence-corrected chi connectivity index (χ0v) is 14.2. The molecular weight excluding hydrogens is 294 g/mol. The normalized spacial score (nSPS) is 10.3. The molecule has 0 bridgehead atoms. The van der Waals surface area contributed by atoms with Gasteiger partial charge in [-0.3, -0.25) is 14.4 Å². The molecule has 1 rings (SSSR count). The molecular formula is C17H25N3O3. The van der Waals surface area contributed by atoms with Gasteiger partial charge in [-0.15, -0.1) is 0 Å². The average Bonchev–Trinajstić information content (AvgIpc) is 2.44. The van der Waals surface area contributed by atoms with Crippen LogP contribution in [0.3, 0.4) is 0 Å². The molecule has 2 N–H and O–H groups in total. The Hall–Kier alpha value is -2.37. The summed E-state index contributed by atoms with van der Waals surface area (Å²) >= 11 is 0. The van der Waals surface area contributed by atoms with Crippen LogP contribution in [0.25, 0.3) is 0 Å². The van der Waals surface area contributed by atoms with E-state index in [1.165, 1.54) is 13.8 Å². The molecule has 6 nitrogen and oxygen atoms in total. The van der Waals surface area contributed by atoms with Crippen molar-refractivity contribution in [1.82, 2.24) is 4.90 Å². The van der Waals surface area contributed by atoms with Crippen LogP contribution >= 0.6 is 0 Å². The molecule has 1 aromatic rings. The number of rotatable bonds is 7. The molecule has 0 heterocycles. The number of hydrogen-bond donors (Lipinski definition) is 2. The van der Waals surface area contributed by atoms with Crippen molar-refractivity contribution in [3.8, 4) is 0 Å². The second-order valence-corrected chi connectivity index (χ2v) is 5.92. The van der Waals surface area contributed by atoms with E-state index in [0.717, 1.165) is 0 Å². The van der Waals surface area contributed by atoms with Crippen LogP contribution in [0, 0.1) is 5.92 Å². The van der Waals surface area contributed by atoms with Crippen molar-refractivity contribution in [2.75, 3.05) is 23.7 Å². The van der Waals surface area contributed by atoms with Crippen molar-refractivity contribution in [2.45, 2.75) is 34.1 Å². The van der Waals surface area contributed by atoms with Gasteiger partial charge in [0, 0.05) is 44.7 Å². The molecule has 0 aliphatic rings. The summed E-state index contributed by atoms with van der Waals surface area (Å²) in [6.07, 6.45) is 0.250. The van der Waals surface area contributed by atoms with Crippen molar-refractivity contribution >= 4 is 29.1 Å². The summed E-state index contributed by atoms with van der Waals surface area (Å²) in [6.45, 7) is 8.07. The first-order chi connectivity index (χ1) is 10.8. The highest BCUT2D eigenvalue weighted by Gasteiger charge is 2.12. The molecule has 0 saturated carbocycles. The molecule has 0 spiro atoms. The lowest BCUT2D eigenvalue weighted by molar-refractivity contribution is -0.129. The Morgan fingerprint density at radius 2 is 1.52 bits per heavy atom. The summed E-state index contributed by atoms with van der Waals surface area (Å²) in [6, 6.07) is 6.88. The molecule has 0 aliphatic carbocycles. The number of amides is 3. The fourth-order valence-electron chi connectivity index (χ4n) is 2.12. The van der Waals surface area contributed by atoms with Crippen LogP contribution in [0.4, 0.5) is 11.4 Å². The molecule has 0 aromatic heterocycles. The van der Waals surface area contributed by atoms with E-state index in [2.05, 4.69) is 10.6 Å². The van der Waals surface area contributed by atoms with Gasteiger partial charge in [0.2, 0.25) is 17.7 Å². The van der Waals surface area contributed by atoms with Gasteiger partial charge in [0.15, 0.2) is 0 Å². The Morgan fingerprint density at radius 1 is 1.00 bits per heavy atom. The van der Waals surface area contributed by atoms with Gasteiger partial charge < -0.3 is 15.5 Å². The molecule has 0 unspecified atom stereocenters. The summed E-state index contributed by atoms with van der Waals surface area (Å²) in [7, 11) is 0. The van der Waals surface area contributed by atoms with Gasteiger partial charge in [0.05, 0.1) is 0 Å². The highest BCUT2D eigenvalue weighted by atomic mass is 16.2. The van der Waals surface area contributed by atoms with Crippen LogP contribution in [0.2, 0.25) is 0 Å². The summed E-state index contributed by atoms with van der Waals surface area (Å²) in [5, 5.41) is 5.44. The number of carbonyl (C=O) groups is 3. The lowest BCUT2D eigenvalue weighted by Crippen LogP contribution is -2.34. The van der Waals surface area contributed by atoms with Gasteiger partial charge in [0.25, 0.3) is 0 Å². The first kappa shape index (κ1) is 18.7. The maximum atomic E-state index is 12.0. The minimum atomic E-state index is -0.146. The van der Waals surface area contributed by atoms with Crippen LogP contribution in [0.1, 0.15) is 34.1 Å².